The lowest BCUT2D eigenvalue weighted by molar-refractivity contribution is 0.448. The second kappa shape index (κ2) is 6.04. The molecule has 0 aromatic heterocycles. The van der Waals surface area contributed by atoms with Crippen molar-refractivity contribution in [1.82, 2.24) is 9.03 Å². The Morgan fingerprint density at radius 1 is 1.53 bits per heavy atom. The zero-order valence-electron chi connectivity index (χ0n) is 9.45. The van der Waals surface area contributed by atoms with Crippen molar-refractivity contribution in [3.63, 3.8) is 0 Å². The highest BCUT2D eigenvalue weighted by Crippen LogP contribution is 1.98. The Hall–Kier alpha value is -0.660. The molecule has 0 atom stereocenters. The van der Waals surface area contributed by atoms with Gasteiger partial charge >= 0.3 is 0 Å². The number of rotatable bonds is 7. The van der Waals surface area contributed by atoms with E-state index in [9.17, 15) is 8.42 Å². The molecule has 0 saturated heterocycles. The van der Waals surface area contributed by atoms with Gasteiger partial charge in [0.05, 0.1) is 6.54 Å². The van der Waals surface area contributed by atoms with Gasteiger partial charge in [-0.2, -0.15) is 12.7 Å². The van der Waals surface area contributed by atoms with E-state index < -0.39 is 10.2 Å². The lowest BCUT2D eigenvalue weighted by atomic mass is 10.2. The summed E-state index contributed by atoms with van der Waals surface area (Å²) < 4.78 is 26.9. The van der Waals surface area contributed by atoms with Crippen molar-refractivity contribution in [2.75, 3.05) is 19.6 Å². The van der Waals surface area contributed by atoms with Crippen LogP contribution >= 0.6 is 0 Å². The van der Waals surface area contributed by atoms with E-state index in [1.54, 1.807) is 6.92 Å². The molecule has 4 N–H and O–H groups in total. The summed E-state index contributed by atoms with van der Waals surface area (Å²) in [6.07, 6.45) is 0. The van der Waals surface area contributed by atoms with Crippen LogP contribution < -0.4 is 10.5 Å². The normalized spacial score (nSPS) is 12.3. The number of amidine groups is 1. The number of hydrogen-bond acceptors (Lipinski definition) is 3. The van der Waals surface area contributed by atoms with Gasteiger partial charge in [0.1, 0.15) is 5.84 Å². The fourth-order valence-electron chi connectivity index (χ4n) is 0.920. The molecule has 0 heterocycles. The maximum atomic E-state index is 11.7. The van der Waals surface area contributed by atoms with Crippen molar-refractivity contribution < 1.29 is 8.42 Å². The molecule has 0 radical (unpaired) electrons. The van der Waals surface area contributed by atoms with Crippen LogP contribution in [0.5, 0.6) is 0 Å². The summed E-state index contributed by atoms with van der Waals surface area (Å²) in [6, 6.07) is 0. The summed E-state index contributed by atoms with van der Waals surface area (Å²) in [5, 5.41) is 7.07. The summed E-state index contributed by atoms with van der Waals surface area (Å²) in [5.41, 5.74) is 5.17. The molecular weight excluding hydrogens is 216 g/mol. The Balaban J connectivity index is 4.45. The number of hydrogen-bond donors (Lipinski definition) is 3. The third kappa shape index (κ3) is 5.71. The van der Waals surface area contributed by atoms with Crippen LogP contribution in [0, 0.1) is 11.3 Å². The zero-order chi connectivity index (χ0) is 12.1. The molecule has 0 amide bonds. The SMILES string of the molecule is CCN(CC(=N)N)S(=O)(=O)NCC(C)C. The van der Waals surface area contributed by atoms with Crippen molar-refractivity contribution in [3.05, 3.63) is 0 Å². The molecule has 15 heavy (non-hydrogen) atoms. The minimum Gasteiger partial charge on any atom is -0.387 e. The van der Waals surface area contributed by atoms with Gasteiger partial charge in [-0.1, -0.05) is 20.8 Å². The molecule has 0 saturated carbocycles. The maximum absolute atomic E-state index is 11.7. The van der Waals surface area contributed by atoms with E-state index >= 15 is 0 Å². The van der Waals surface area contributed by atoms with Crippen LogP contribution in [0.15, 0.2) is 0 Å². The molecule has 0 fully saturated rings. The Morgan fingerprint density at radius 3 is 2.40 bits per heavy atom. The topological polar surface area (TPSA) is 99.3 Å². The lowest BCUT2D eigenvalue weighted by Gasteiger charge is -2.20. The highest BCUT2D eigenvalue weighted by Gasteiger charge is 2.20. The van der Waals surface area contributed by atoms with Gasteiger partial charge in [0.15, 0.2) is 0 Å². The first-order valence-corrected chi connectivity index (χ1v) is 6.31. The summed E-state index contributed by atoms with van der Waals surface area (Å²) in [6.45, 7) is 6.17. The largest absolute Gasteiger partial charge is 0.387 e. The molecular formula is C8H20N4O2S. The van der Waals surface area contributed by atoms with Crippen LogP contribution in [0.4, 0.5) is 0 Å². The van der Waals surface area contributed by atoms with E-state index in [0.29, 0.717) is 13.1 Å². The third-order valence-electron chi connectivity index (χ3n) is 1.71. The van der Waals surface area contributed by atoms with Crippen LogP contribution in [0.2, 0.25) is 0 Å². The average molecular weight is 236 g/mol. The molecule has 90 valence electrons. The minimum absolute atomic E-state index is 0.0655. The quantitative estimate of drug-likeness (QED) is 0.419. The molecule has 7 heteroatoms. The van der Waals surface area contributed by atoms with Gasteiger partial charge < -0.3 is 5.73 Å². The molecule has 0 spiro atoms. The Morgan fingerprint density at radius 2 is 2.07 bits per heavy atom. The number of nitrogens with one attached hydrogen (secondary N) is 2. The standard InChI is InChI=1S/C8H20N4O2S/c1-4-12(6-8(9)10)15(13,14)11-5-7(2)3/h7,11H,4-6H2,1-3H3,(H3,9,10). The highest BCUT2D eigenvalue weighted by molar-refractivity contribution is 7.87. The molecule has 0 bridgehead atoms. The van der Waals surface area contributed by atoms with Crippen molar-refractivity contribution in [2.45, 2.75) is 20.8 Å². The van der Waals surface area contributed by atoms with E-state index in [4.69, 9.17) is 11.1 Å². The van der Waals surface area contributed by atoms with Crippen molar-refractivity contribution in [3.8, 4) is 0 Å². The fraction of sp³-hybridized carbons (Fsp3) is 0.875. The molecule has 0 aromatic carbocycles. The van der Waals surface area contributed by atoms with E-state index in [1.165, 1.54) is 0 Å². The molecule has 0 aliphatic heterocycles. The van der Waals surface area contributed by atoms with Gasteiger partial charge in [-0.15, -0.1) is 0 Å². The predicted octanol–water partition coefficient (Wildman–Crippen LogP) is -0.265. The molecule has 0 aromatic rings. The van der Waals surface area contributed by atoms with Crippen LogP contribution in [0.3, 0.4) is 0 Å². The van der Waals surface area contributed by atoms with Gasteiger partial charge in [-0.3, -0.25) is 5.41 Å². The smallest absolute Gasteiger partial charge is 0.279 e. The van der Waals surface area contributed by atoms with Crippen molar-refractivity contribution in [1.29, 1.82) is 5.41 Å². The van der Waals surface area contributed by atoms with E-state index in [-0.39, 0.29) is 18.3 Å². The van der Waals surface area contributed by atoms with Crippen LogP contribution in [0.25, 0.3) is 0 Å². The molecule has 0 rings (SSSR count). The minimum atomic E-state index is -3.50. The summed E-state index contributed by atoms with van der Waals surface area (Å²) in [5.74, 6) is 0.0857. The van der Waals surface area contributed by atoms with Gasteiger partial charge in [0, 0.05) is 13.1 Å². The Labute approximate surface area is 91.5 Å². The van der Waals surface area contributed by atoms with Gasteiger partial charge in [-0.25, -0.2) is 4.72 Å². The molecule has 6 nitrogen and oxygen atoms in total. The van der Waals surface area contributed by atoms with E-state index in [0.717, 1.165) is 4.31 Å². The van der Waals surface area contributed by atoms with Crippen LogP contribution in [-0.2, 0) is 10.2 Å². The number of nitrogens with zero attached hydrogens (tertiary/aromatic N) is 1. The highest BCUT2D eigenvalue weighted by atomic mass is 32.2. The van der Waals surface area contributed by atoms with Gasteiger partial charge in [-0.05, 0) is 5.92 Å². The zero-order valence-corrected chi connectivity index (χ0v) is 10.3. The lowest BCUT2D eigenvalue weighted by Crippen LogP contribution is -2.45. The van der Waals surface area contributed by atoms with Gasteiger partial charge in [0.25, 0.3) is 10.2 Å². The first-order chi connectivity index (χ1) is 6.79. The number of likely N-dealkylation sites (N-methyl/N-ethyl adjacent to an activating group) is 1. The maximum Gasteiger partial charge on any atom is 0.279 e. The van der Waals surface area contributed by atoms with Crippen LogP contribution in [-0.4, -0.2) is 38.2 Å². The Bertz CT molecular complexity index is 300. The number of nitrogens with two attached hydrogens (primary N) is 1. The van der Waals surface area contributed by atoms with Gasteiger partial charge in [0.2, 0.25) is 0 Å². The predicted molar refractivity (Wildman–Crippen MR) is 60.9 cm³/mol. The van der Waals surface area contributed by atoms with E-state index in [2.05, 4.69) is 4.72 Å². The van der Waals surface area contributed by atoms with E-state index in [1.807, 2.05) is 13.8 Å². The Kier molecular flexibility index (Phi) is 5.77. The van der Waals surface area contributed by atoms with Crippen LogP contribution in [0.1, 0.15) is 20.8 Å². The molecule has 0 aliphatic rings. The average Bonchev–Trinajstić information content (AvgIpc) is 2.10. The summed E-state index contributed by atoms with van der Waals surface area (Å²) >= 11 is 0. The first-order valence-electron chi connectivity index (χ1n) is 4.87. The second-order valence-electron chi connectivity index (χ2n) is 3.70. The molecule has 0 aliphatic carbocycles. The fourth-order valence-corrected chi connectivity index (χ4v) is 2.30. The van der Waals surface area contributed by atoms with Crippen molar-refractivity contribution in [2.24, 2.45) is 11.7 Å². The van der Waals surface area contributed by atoms with Crippen molar-refractivity contribution >= 4 is 16.0 Å². The first kappa shape index (κ1) is 14.3. The molecule has 0 unspecified atom stereocenters. The monoisotopic (exact) mass is 236 g/mol. The summed E-state index contributed by atoms with van der Waals surface area (Å²) in [4.78, 5) is 0. The second-order valence-corrected chi connectivity index (χ2v) is 5.45. The summed E-state index contributed by atoms with van der Waals surface area (Å²) in [7, 11) is -3.50. The third-order valence-corrected chi connectivity index (χ3v) is 3.31.